The average molecular weight is 439 g/mol. The Labute approximate surface area is 185 Å². The third kappa shape index (κ3) is 4.24. The molecule has 1 atom stereocenters. The molecule has 0 saturated carbocycles. The fourth-order valence-corrected chi connectivity index (χ4v) is 3.92. The maximum Gasteiger partial charge on any atom is 0.258 e. The van der Waals surface area contributed by atoms with Crippen LogP contribution in [0.25, 0.3) is 0 Å². The molecule has 2 N–H and O–H groups in total. The molecule has 1 unspecified atom stereocenters. The number of imide groups is 1. The number of amides is 3. The fraction of sp³-hybridized carbons (Fsp3) is 0.348. The van der Waals surface area contributed by atoms with Crippen LogP contribution in [0.1, 0.15) is 35.7 Å². The zero-order chi connectivity index (χ0) is 22.7. The molecule has 2 aliphatic rings. The van der Waals surface area contributed by atoms with Crippen molar-refractivity contribution >= 4 is 29.1 Å². The molecule has 3 amide bonds. The van der Waals surface area contributed by atoms with Gasteiger partial charge in [0.1, 0.15) is 12.8 Å². The van der Waals surface area contributed by atoms with Crippen molar-refractivity contribution in [2.45, 2.75) is 32.4 Å². The number of hydrogen-bond donors (Lipinski definition) is 2. The highest BCUT2D eigenvalue weighted by Crippen LogP contribution is 2.34. The summed E-state index contributed by atoms with van der Waals surface area (Å²) in [5.41, 5.74) is 2.45. The van der Waals surface area contributed by atoms with Crippen molar-refractivity contribution in [1.82, 2.24) is 10.2 Å². The lowest BCUT2D eigenvalue weighted by atomic mass is 10.0. The summed E-state index contributed by atoms with van der Waals surface area (Å²) in [4.78, 5) is 38.8. The van der Waals surface area contributed by atoms with Gasteiger partial charge in [0.25, 0.3) is 5.91 Å². The lowest BCUT2D eigenvalue weighted by Crippen LogP contribution is -2.54. The third-order valence-corrected chi connectivity index (χ3v) is 5.44. The van der Waals surface area contributed by atoms with Gasteiger partial charge >= 0.3 is 0 Å². The molecular weight excluding hydrogens is 414 g/mol. The maximum atomic E-state index is 13.5. The zero-order valence-corrected chi connectivity index (χ0v) is 18.0. The molecule has 2 heterocycles. The van der Waals surface area contributed by atoms with E-state index in [0.29, 0.717) is 40.6 Å². The number of anilines is 2. The standard InChI is InChI=1S/C23H25N3O6/c1-3-32-19-11-15(7-9-18(19)30-2)24-16-6-4-5-14-12-31-13-26(23(29)21(14)16)17-8-10-20(27)25-22(17)28/h4-7,9,11,17,24H,3,8,10,12-13H2,1-2H3,(H,25,27,28). The predicted octanol–water partition coefficient (Wildman–Crippen LogP) is 2.57. The number of piperidine rings is 1. The summed E-state index contributed by atoms with van der Waals surface area (Å²) in [6, 6.07) is 10.1. The Morgan fingerprint density at radius 2 is 2.03 bits per heavy atom. The molecule has 4 rings (SSSR count). The first-order valence-corrected chi connectivity index (χ1v) is 10.4. The first-order chi connectivity index (χ1) is 15.5. The molecule has 0 aliphatic carbocycles. The van der Waals surface area contributed by atoms with Gasteiger partial charge in [0.05, 0.1) is 31.6 Å². The van der Waals surface area contributed by atoms with Gasteiger partial charge in [-0.15, -0.1) is 0 Å². The second kappa shape index (κ2) is 9.27. The van der Waals surface area contributed by atoms with Crippen LogP contribution in [0.4, 0.5) is 11.4 Å². The summed E-state index contributed by atoms with van der Waals surface area (Å²) in [6.45, 7) is 2.57. The number of carbonyl (C=O) groups excluding carboxylic acids is 3. The first kappa shape index (κ1) is 21.6. The van der Waals surface area contributed by atoms with Crippen LogP contribution in [-0.2, 0) is 20.9 Å². The van der Waals surface area contributed by atoms with Gasteiger partial charge in [-0.2, -0.15) is 0 Å². The van der Waals surface area contributed by atoms with Crippen LogP contribution in [0.3, 0.4) is 0 Å². The number of benzene rings is 2. The molecule has 0 radical (unpaired) electrons. The van der Waals surface area contributed by atoms with Crippen molar-refractivity contribution < 1.29 is 28.6 Å². The molecule has 1 fully saturated rings. The van der Waals surface area contributed by atoms with E-state index < -0.39 is 11.9 Å². The van der Waals surface area contributed by atoms with Gasteiger partial charge in [-0.25, -0.2) is 0 Å². The molecule has 2 aromatic rings. The van der Waals surface area contributed by atoms with E-state index in [2.05, 4.69) is 10.6 Å². The molecule has 2 aliphatic heterocycles. The van der Waals surface area contributed by atoms with Gasteiger partial charge in [-0.1, -0.05) is 12.1 Å². The average Bonchev–Trinajstić information content (AvgIpc) is 2.94. The predicted molar refractivity (Wildman–Crippen MR) is 116 cm³/mol. The Kier molecular flexibility index (Phi) is 6.27. The minimum absolute atomic E-state index is 0.0315. The van der Waals surface area contributed by atoms with Gasteiger partial charge in [0.2, 0.25) is 11.8 Å². The van der Waals surface area contributed by atoms with Crippen LogP contribution in [0.5, 0.6) is 11.5 Å². The van der Waals surface area contributed by atoms with Gasteiger partial charge in [0.15, 0.2) is 11.5 Å². The van der Waals surface area contributed by atoms with E-state index in [1.54, 1.807) is 25.3 Å². The number of fused-ring (bicyclic) bond motifs is 1. The zero-order valence-electron chi connectivity index (χ0n) is 18.0. The van der Waals surface area contributed by atoms with Crippen LogP contribution in [0, 0.1) is 0 Å². The van der Waals surface area contributed by atoms with E-state index in [-0.39, 0.29) is 38.0 Å². The molecular formula is C23H25N3O6. The SMILES string of the molecule is CCOc1cc(Nc2cccc3c2C(=O)N(C2CCC(=O)NC2=O)COC3)ccc1OC. The molecule has 9 heteroatoms. The van der Waals surface area contributed by atoms with E-state index in [0.717, 1.165) is 0 Å². The van der Waals surface area contributed by atoms with Gasteiger partial charge in [-0.05, 0) is 37.1 Å². The summed E-state index contributed by atoms with van der Waals surface area (Å²) < 4.78 is 16.7. The molecule has 2 aromatic carbocycles. The summed E-state index contributed by atoms with van der Waals surface area (Å²) >= 11 is 0. The van der Waals surface area contributed by atoms with E-state index in [4.69, 9.17) is 14.2 Å². The number of carbonyl (C=O) groups is 3. The van der Waals surface area contributed by atoms with Gasteiger partial charge < -0.3 is 24.4 Å². The monoisotopic (exact) mass is 439 g/mol. The van der Waals surface area contributed by atoms with E-state index in [9.17, 15) is 14.4 Å². The van der Waals surface area contributed by atoms with Crippen LogP contribution >= 0.6 is 0 Å². The van der Waals surface area contributed by atoms with Gasteiger partial charge in [0, 0.05) is 18.2 Å². The Bertz CT molecular complexity index is 1050. The molecule has 168 valence electrons. The number of hydrogen-bond acceptors (Lipinski definition) is 7. The van der Waals surface area contributed by atoms with Crippen LogP contribution in [-0.4, -0.2) is 49.1 Å². The Morgan fingerprint density at radius 3 is 2.78 bits per heavy atom. The molecule has 1 saturated heterocycles. The van der Waals surface area contributed by atoms with Crippen molar-refractivity contribution in [2.24, 2.45) is 0 Å². The minimum atomic E-state index is -0.759. The van der Waals surface area contributed by atoms with Gasteiger partial charge in [-0.3, -0.25) is 19.7 Å². The highest BCUT2D eigenvalue weighted by Gasteiger charge is 2.37. The van der Waals surface area contributed by atoms with E-state index in [1.807, 2.05) is 25.1 Å². The molecule has 0 aromatic heterocycles. The van der Waals surface area contributed by atoms with Crippen molar-refractivity contribution in [3.05, 3.63) is 47.5 Å². The van der Waals surface area contributed by atoms with E-state index >= 15 is 0 Å². The number of nitrogens with zero attached hydrogens (tertiary/aromatic N) is 1. The van der Waals surface area contributed by atoms with E-state index in [1.165, 1.54) is 4.90 Å². The van der Waals surface area contributed by atoms with Crippen LogP contribution in [0.15, 0.2) is 36.4 Å². The summed E-state index contributed by atoms with van der Waals surface area (Å²) in [6.07, 6.45) is 0.444. The largest absolute Gasteiger partial charge is 0.493 e. The van der Waals surface area contributed by atoms with Crippen molar-refractivity contribution in [2.75, 3.05) is 25.8 Å². The van der Waals surface area contributed by atoms with Crippen molar-refractivity contribution in [1.29, 1.82) is 0 Å². The molecule has 32 heavy (non-hydrogen) atoms. The second-order valence-electron chi connectivity index (χ2n) is 7.48. The number of nitrogens with one attached hydrogen (secondary N) is 2. The smallest absolute Gasteiger partial charge is 0.258 e. The third-order valence-electron chi connectivity index (χ3n) is 5.44. The lowest BCUT2D eigenvalue weighted by molar-refractivity contribution is -0.138. The fourth-order valence-electron chi connectivity index (χ4n) is 3.92. The highest BCUT2D eigenvalue weighted by atomic mass is 16.5. The minimum Gasteiger partial charge on any atom is -0.493 e. The topological polar surface area (TPSA) is 106 Å². The quantitative estimate of drug-likeness (QED) is 0.667. The van der Waals surface area contributed by atoms with Crippen molar-refractivity contribution in [3.8, 4) is 11.5 Å². The molecule has 9 nitrogen and oxygen atoms in total. The highest BCUT2D eigenvalue weighted by molar-refractivity contribution is 6.06. The van der Waals surface area contributed by atoms with Crippen LogP contribution in [0.2, 0.25) is 0 Å². The Hall–Kier alpha value is -3.59. The maximum absolute atomic E-state index is 13.5. The number of methoxy groups -OCH3 is 1. The van der Waals surface area contributed by atoms with Crippen molar-refractivity contribution in [3.63, 3.8) is 0 Å². The Morgan fingerprint density at radius 1 is 1.19 bits per heavy atom. The molecule has 0 spiro atoms. The summed E-state index contributed by atoms with van der Waals surface area (Å²) in [5, 5.41) is 5.60. The Balaban J connectivity index is 1.66. The van der Waals surface area contributed by atoms with Crippen LogP contribution < -0.4 is 20.1 Å². The summed E-state index contributed by atoms with van der Waals surface area (Å²) in [7, 11) is 1.57. The summed E-state index contributed by atoms with van der Waals surface area (Å²) in [5.74, 6) is 0.0543. The normalized spacial score (nSPS) is 18.5. The second-order valence-corrected chi connectivity index (χ2v) is 7.48. The number of ether oxygens (including phenoxy) is 3. The first-order valence-electron chi connectivity index (χ1n) is 10.4. The molecule has 0 bridgehead atoms. The lowest BCUT2D eigenvalue weighted by Gasteiger charge is -2.31. The number of rotatable bonds is 6.